The molecule has 23 heavy (non-hydrogen) atoms. The van der Waals surface area contributed by atoms with Crippen molar-refractivity contribution in [2.75, 3.05) is 0 Å². The van der Waals surface area contributed by atoms with Gasteiger partial charge in [0.2, 0.25) is 0 Å². The Bertz CT molecular complexity index is 1040. The maximum absolute atomic E-state index is 9.37. The smallest absolute Gasteiger partial charge is 0.123 e. The molecule has 0 aliphatic heterocycles. The van der Waals surface area contributed by atoms with Crippen LogP contribution in [0, 0.1) is 20.9 Å². The summed E-state index contributed by atoms with van der Waals surface area (Å²) in [6.07, 6.45) is 0. The molecule has 110 valence electrons. The van der Waals surface area contributed by atoms with Crippen molar-refractivity contribution in [2.45, 2.75) is 0 Å². The van der Waals surface area contributed by atoms with E-state index in [0.717, 1.165) is 10.8 Å². The van der Waals surface area contributed by atoms with E-state index in [1.807, 2.05) is 36.4 Å². The fourth-order valence-electron chi connectivity index (χ4n) is 3.05. The molecule has 0 heterocycles. The molecule has 0 radical (unpaired) electrons. The topological polar surface area (TPSA) is 20.2 Å². The van der Waals surface area contributed by atoms with Crippen LogP contribution < -0.4 is 0 Å². The van der Waals surface area contributed by atoms with Crippen molar-refractivity contribution in [2.24, 2.45) is 0 Å². The maximum atomic E-state index is 9.37. The van der Waals surface area contributed by atoms with Gasteiger partial charge in [-0.3, -0.25) is 0 Å². The van der Waals surface area contributed by atoms with Crippen LogP contribution in [-0.4, -0.2) is 5.11 Å². The lowest BCUT2D eigenvalue weighted by Gasteiger charge is -2.02. The lowest BCUT2D eigenvalue weighted by atomic mass is 10.0. The van der Waals surface area contributed by atoms with Crippen molar-refractivity contribution in [3.8, 4) is 5.75 Å². The van der Waals surface area contributed by atoms with Gasteiger partial charge in [-0.25, -0.2) is 0 Å². The molecular weight excluding hydrogens is 280 g/mol. The Morgan fingerprint density at radius 1 is 0.435 bits per heavy atom. The van der Waals surface area contributed by atoms with Crippen LogP contribution >= 0.6 is 0 Å². The number of phenolic OH excluding ortho intramolecular Hbond substituents is 1. The minimum absolute atomic E-state index is 0.350. The van der Waals surface area contributed by atoms with Crippen LogP contribution in [0.15, 0.2) is 91.0 Å². The van der Waals surface area contributed by atoms with Crippen LogP contribution in [0.1, 0.15) is 0 Å². The molecule has 0 fully saturated rings. The normalized spacial score (nSPS) is 10.8. The maximum Gasteiger partial charge on any atom is 0.123 e. The third-order valence-electron chi connectivity index (χ3n) is 4.20. The van der Waals surface area contributed by atoms with E-state index >= 15 is 0 Å². The van der Waals surface area contributed by atoms with Gasteiger partial charge < -0.3 is 5.11 Å². The SMILES string of the molecule is Oc1cccc2ccccc12.c1ccc2c(c1)=c1ccccc1=2. The summed E-state index contributed by atoms with van der Waals surface area (Å²) in [5.74, 6) is 0.350. The second kappa shape index (κ2) is 5.62. The van der Waals surface area contributed by atoms with Crippen molar-refractivity contribution < 1.29 is 5.11 Å². The molecule has 0 spiro atoms. The summed E-state index contributed by atoms with van der Waals surface area (Å²) in [5.41, 5.74) is 0. The number of hydrogen-bond donors (Lipinski definition) is 1. The molecule has 4 aromatic rings. The van der Waals surface area contributed by atoms with Gasteiger partial charge in [0.05, 0.1) is 0 Å². The molecule has 1 aliphatic carbocycles. The summed E-state index contributed by atoms with van der Waals surface area (Å²) < 4.78 is 0. The van der Waals surface area contributed by atoms with Gasteiger partial charge in [0, 0.05) is 5.39 Å². The summed E-state index contributed by atoms with van der Waals surface area (Å²) in [5, 5.41) is 16.9. The first-order valence-corrected chi connectivity index (χ1v) is 7.70. The van der Waals surface area contributed by atoms with E-state index in [1.165, 1.54) is 20.9 Å². The van der Waals surface area contributed by atoms with Gasteiger partial charge in [-0.1, -0.05) is 84.9 Å². The minimum atomic E-state index is 0.350. The Labute approximate surface area is 134 Å². The zero-order valence-electron chi connectivity index (χ0n) is 12.6. The highest BCUT2D eigenvalue weighted by Gasteiger charge is 1.98. The van der Waals surface area contributed by atoms with Crippen LogP contribution in [0.2, 0.25) is 0 Å². The number of phenols is 1. The van der Waals surface area contributed by atoms with E-state index < -0.39 is 0 Å². The summed E-state index contributed by atoms with van der Waals surface area (Å²) in [6, 6.07) is 30.4. The van der Waals surface area contributed by atoms with Crippen molar-refractivity contribution in [3.63, 3.8) is 0 Å². The van der Waals surface area contributed by atoms with Crippen LogP contribution in [-0.2, 0) is 0 Å². The third-order valence-corrected chi connectivity index (χ3v) is 4.20. The van der Waals surface area contributed by atoms with E-state index in [0.29, 0.717) is 5.75 Å². The molecule has 0 saturated heterocycles. The van der Waals surface area contributed by atoms with Gasteiger partial charge >= 0.3 is 0 Å². The highest BCUT2D eigenvalue weighted by Crippen LogP contribution is 2.22. The number of fused-ring (bicyclic) bond motifs is 3. The lowest BCUT2D eigenvalue weighted by molar-refractivity contribution is 0.481. The lowest BCUT2D eigenvalue weighted by Crippen LogP contribution is -1.88. The van der Waals surface area contributed by atoms with Gasteiger partial charge in [-0.15, -0.1) is 0 Å². The molecule has 0 atom stereocenters. The molecule has 0 unspecified atom stereocenters. The highest BCUT2D eigenvalue weighted by molar-refractivity contribution is 5.87. The summed E-state index contributed by atoms with van der Waals surface area (Å²) in [7, 11) is 0. The molecule has 1 nitrogen and oxygen atoms in total. The van der Waals surface area contributed by atoms with E-state index in [2.05, 4.69) is 48.5 Å². The van der Waals surface area contributed by atoms with E-state index in [1.54, 1.807) is 6.07 Å². The molecular formula is C22H16O. The Balaban J connectivity index is 0.000000118. The number of benzene rings is 4. The van der Waals surface area contributed by atoms with Crippen LogP contribution in [0.5, 0.6) is 5.75 Å². The Hall–Kier alpha value is -3.06. The average Bonchev–Trinajstić information content (AvgIpc) is 2.61. The first-order chi connectivity index (χ1) is 11.3. The first-order valence-electron chi connectivity index (χ1n) is 7.70. The minimum Gasteiger partial charge on any atom is -0.507 e. The number of aromatic hydroxyl groups is 1. The second-order valence-corrected chi connectivity index (χ2v) is 5.59. The van der Waals surface area contributed by atoms with Crippen LogP contribution in [0.3, 0.4) is 0 Å². The first kappa shape index (κ1) is 13.6. The second-order valence-electron chi connectivity index (χ2n) is 5.59. The van der Waals surface area contributed by atoms with E-state index in [-0.39, 0.29) is 0 Å². The van der Waals surface area contributed by atoms with Gasteiger partial charge in [0.25, 0.3) is 0 Å². The standard InChI is InChI=1S/C12H8.C10H8O/c1-2-6-10-9(5-1)11-7-3-4-8-12(10)11;11-10-7-3-5-8-4-1-2-6-9(8)10/h1-8H;1-7,11H. The average molecular weight is 296 g/mol. The fourth-order valence-corrected chi connectivity index (χ4v) is 3.05. The molecule has 1 aliphatic rings. The van der Waals surface area contributed by atoms with Gasteiger partial charge in [-0.2, -0.15) is 0 Å². The fraction of sp³-hybridized carbons (Fsp3) is 0. The largest absolute Gasteiger partial charge is 0.507 e. The Morgan fingerprint density at radius 2 is 0.870 bits per heavy atom. The third kappa shape index (κ3) is 2.36. The zero-order chi connectivity index (χ0) is 15.6. The quantitative estimate of drug-likeness (QED) is 0.420. The Kier molecular flexibility index (Phi) is 3.32. The molecule has 5 rings (SSSR count). The van der Waals surface area contributed by atoms with Crippen LogP contribution in [0.25, 0.3) is 10.8 Å². The molecule has 4 aromatic carbocycles. The molecule has 0 aromatic heterocycles. The molecule has 0 bridgehead atoms. The molecule has 0 saturated carbocycles. The summed E-state index contributed by atoms with van der Waals surface area (Å²) >= 11 is 0. The van der Waals surface area contributed by atoms with Crippen molar-refractivity contribution in [1.82, 2.24) is 0 Å². The van der Waals surface area contributed by atoms with Gasteiger partial charge in [-0.05, 0) is 32.3 Å². The van der Waals surface area contributed by atoms with Gasteiger partial charge in [0.15, 0.2) is 0 Å². The molecule has 1 N–H and O–H groups in total. The van der Waals surface area contributed by atoms with Crippen LogP contribution in [0.4, 0.5) is 0 Å². The van der Waals surface area contributed by atoms with Crippen molar-refractivity contribution in [1.29, 1.82) is 0 Å². The molecule has 0 amide bonds. The number of rotatable bonds is 0. The number of hydrogen-bond acceptors (Lipinski definition) is 1. The summed E-state index contributed by atoms with van der Waals surface area (Å²) in [6.45, 7) is 0. The predicted molar refractivity (Wildman–Crippen MR) is 93.8 cm³/mol. The monoisotopic (exact) mass is 296 g/mol. The highest BCUT2D eigenvalue weighted by atomic mass is 16.3. The Morgan fingerprint density at radius 3 is 1.39 bits per heavy atom. The van der Waals surface area contributed by atoms with E-state index in [4.69, 9.17) is 0 Å². The summed E-state index contributed by atoms with van der Waals surface area (Å²) in [4.78, 5) is 0. The van der Waals surface area contributed by atoms with Crippen molar-refractivity contribution in [3.05, 3.63) is 112 Å². The van der Waals surface area contributed by atoms with Crippen molar-refractivity contribution >= 4 is 10.8 Å². The predicted octanol–water partition coefficient (Wildman–Crippen LogP) is 5.12. The molecule has 1 heteroatoms. The zero-order valence-corrected chi connectivity index (χ0v) is 12.6. The van der Waals surface area contributed by atoms with Gasteiger partial charge in [0.1, 0.15) is 5.75 Å². The van der Waals surface area contributed by atoms with E-state index in [9.17, 15) is 5.11 Å².